The largest absolute Gasteiger partial charge is 0.461 e. The molecule has 4 heterocycles. The first-order valence-corrected chi connectivity index (χ1v) is 9.76. The van der Waals surface area contributed by atoms with Crippen molar-refractivity contribution in [2.45, 2.75) is 13.0 Å². The first-order valence-electron chi connectivity index (χ1n) is 9.76. The SMILES string of the molecule is COCCN1CCN(C(=O)[C@H](C)Nc2nc(N)n3nc(-c4ccco4)nc3n2)CC1. The highest BCUT2D eigenvalue weighted by molar-refractivity contribution is 5.84. The predicted octanol–water partition coefficient (Wildman–Crippen LogP) is -0.0475. The highest BCUT2D eigenvalue weighted by Crippen LogP contribution is 2.18. The van der Waals surface area contributed by atoms with Crippen LogP contribution in [-0.4, -0.2) is 92.8 Å². The number of piperazine rings is 1. The van der Waals surface area contributed by atoms with E-state index in [9.17, 15) is 4.79 Å². The molecular formula is C18H25N9O3. The van der Waals surface area contributed by atoms with Gasteiger partial charge in [0, 0.05) is 39.8 Å². The quantitative estimate of drug-likeness (QED) is 0.540. The lowest BCUT2D eigenvalue weighted by Gasteiger charge is -2.35. The molecule has 0 saturated carbocycles. The standard InChI is InChI=1S/C18H25N9O3/c1-12(15(28)26-7-5-25(6-8-26)9-11-29-2)20-17-22-16(19)27-18(23-17)21-14(24-27)13-4-3-10-30-13/h3-4,10,12H,5-9,11H2,1-2H3,(H3,19,20,21,22,23,24)/t12-/m0/s1. The third-order valence-corrected chi connectivity index (χ3v) is 4.99. The fourth-order valence-electron chi connectivity index (χ4n) is 3.32. The van der Waals surface area contributed by atoms with Gasteiger partial charge in [0.2, 0.25) is 23.6 Å². The second kappa shape index (κ2) is 8.63. The molecule has 1 aliphatic heterocycles. The number of amides is 1. The highest BCUT2D eigenvalue weighted by atomic mass is 16.5. The second-order valence-corrected chi connectivity index (χ2v) is 7.06. The number of nitrogens with zero attached hydrogens (tertiary/aromatic N) is 7. The summed E-state index contributed by atoms with van der Waals surface area (Å²) in [5, 5.41) is 7.29. The number of anilines is 2. The van der Waals surface area contributed by atoms with Gasteiger partial charge in [0.25, 0.3) is 5.78 Å². The minimum absolute atomic E-state index is 0.0128. The molecule has 1 saturated heterocycles. The summed E-state index contributed by atoms with van der Waals surface area (Å²) in [4.78, 5) is 29.8. The molecule has 12 nitrogen and oxygen atoms in total. The van der Waals surface area contributed by atoms with Crippen molar-refractivity contribution >= 4 is 23.6 Å². The number of nitrogens with two attached hydrogens (primary N) is 1. The van der Waals surface area contributed by atoms with Crippen molar-refractivity contribution in [2.75, 3.05) is 57.5 Å². The lowest BCUT2D eigenvalue weighted by Crippen LogP contribution is -2.52. The Morgan fingerprint density at radius 2 is 2.10 bits per heavy atom. The average Bonchev–Trinajstić information content (AvgIpc) is 3.42. The summed E-state index contributed by atoms with van der Waals surface area (Å²) in [5.74, 6) is 1.44. The highest BCUT2D eigenvalue weighted by Gasteiger charge is 2.25. The van der Waals surface area contributed by atoms with E-state index < -0.39 is 6.04 Å². The van der Waals surface area contributed by atoms with Crippen molar-refractivity contribution < 1.29 is 13.9 Å². The number of hydrogen-bond acceptors (Lipinski definition) is 10. The second-order valence-electron chi connectivity index (χ2n) is 7.06. The van der Waals surface area contributed by atoms with E-state index >= 15 is 0 Å². The maximum Gasteiger partial charge on any atom is 0.259 e. The van der Waals surface area contributed by atoms with Gasteiger partial charge in [0.1, 0.15) is 6.04 Å². The molecule has 0 spiro atoms. The first-order chi connectivity index (χ1) is 14.5. The predicted molar refractivity (Wildman–Crippen MR) is 109 cm³/mol. The van der Waals surface area contributed by atoms with Crippen LogP contribution in [0.2, 0.25) is 0 Å². The zero-order valence-electron chi connectivity index (χ0n) is 17.0. The van der Waals surface area contributed by atoms with Crippen molar-refractivity contribution in [3.8, 4) is 11.6 Å². The molecule has 1 fully saturated rings. The minimum Gasteiger partial charge on any atom is -0.461 e. The van der Waals surface area contributed by atoms with Crippen molar-refractivity contribution in [2.24, 2.45) is 0 Å². The van der Waals surface area contributed by atoms with Crippen LogP contribution in [-0.2, 0) is 9.53 Å². The van der Waals surface area contributed by atoms with Gasteiger partial charge in [-0.2, -0.15) is 19.5 Å². The van der Waals surface area contributed by atoms with E-state index in [-0.39, 0.29) is 23.6 Å². The van der Waals surface area contributed by atoms with E-state index in [0.29, 0.717) is 31.3 Å². The Hall–Kier alpha value is -3.25. The van der Waals surface area contributed by atoms with Crippen LogP contribution in [0.25, 0.3) is 17.4 Å². The molecule has 1 aliphatic rings. The van der Waals surface area contributed by atoms with E-state index in [1.54, 1.807) is 26.2 Å². The summed E-state index contributed by atoms with van der Waals surface area (Å²) in [6, 6.07) is 2.98. The van der Waals surface area contributed by atoms with Gasteiger partial charge in [-0.1, -0.05) is 0 Å². The van der Waals surface area contributed by atoms with Gasteiger partial charge in [-0.3, -0.25) is 9.69 Å². The zero-order valence-corrected chi connectivity index (χ0v) is 17.0. The lowest BCUT2D eigenvalue weighted by molar-refractivity contribution is -0.133. The zero-order chi connectivity index (χ0) is 21.1. The number of hydrogen-bond donors (Lipinski definition) is 2. The molecule has 1 amide bonds. The molecule has 0 aromatic carbocycles. The monoisotopic (exact) mass is 415 g/mol. The minimum atomic E-state index is -0.509. The van der Waals surface area contributed by atoms with Crippen LogP contribution in [0.3, 0.4) is 0 Å². The van der Waals surface area contributed by atoms with E-state index in [1.165, 1.54) is 10.8 Å². The van der Waals surface area contributed by atoms with Crippen molar-refractivity contribution in [1.29, 1.82) is 0 Å². The Bertz CT molecular complexity index is 996. The van der Waals surface area contributed by atoms with Crippen LogP contribution >= 0.6 is 0 Å². The molecule has 30 heavy (non-hydrogen) atoms. The van der Waals surface area contributed by atoms with E-state index in [1.807, 2.05) is 4.90 Å². The number of carbonyl (C=O) groups is 1. The van der Waals surface area contributed by atoms with E-state index in [0.717, 1.165) is 19.6 Å². The Kier molecular flexibility index (Phi) is 5.77. The van der Waals surface area contributed by atoms with Crippen LogP contribution in [0.15, 0.2) is 22.8 Å². The fraction of sp³-hybridized carbons (Fsp3) is 0.500. The van der Waals surface area contributed by atoms with Gasteiger partial charge in [0.05, 0.1) is 12.9 Å². The van der Waals surface area contributed by atoms with Crippen molar-refractivity contribution in [3.63, 3.8) is 0 Å². The molecule has 0 aliphatic carbocycles. The Balaban J connectivity index is 1.41. The molecule has 0 radical (unpaired) electrons. The molecular weight excluding hydrogens is 390 g/mol. The maximum atomic E-state index is 12.8. The number of carbonyl (C=O) groups excluding carboxylic acids is 1. The molecule has 1 atom stereocenters. The molecule has 12 heteroatoms. The molecule has 160 valence electrons. The lowest BCUT2D eigenvalue weighted by atomic mass is 10.2. The number of aromatic nitrogens is 5. The number of nitrogens with one attached hydrogen (secondary N) is 1. The van der Waals surface area contributed by atoms with Gasteiger partial charge in [0.15, 0.2) is 5.76 Å². The summed E-state index contributed by atoms with van der Waals surface area (Å²) < 4.78 is 11.7. The summed E-state index contributed by atoms with van der Waals surface area (Å²) >= 11 is 0. The number of ether oxygens (including phenoxy) is 1. The third-order valence-electron chi connectivity index (χ3n) is 4.99. The van der Waals surface area contributed by atoms with Crippen LogP contribution in [0.5, 0.6) is 0 Å². The molecule has 0 bridgehead atoms. The molecule has 3 aromatic heterocycles. The summed E-state index contributed by atoms with van der Waals surface area (Å²) in [5.41, 5.74) is 6.00. The summed E-state index contributed by atoms with van der Waals surface area (Å²) in [6.07, 6.45) is 1.54. The number of nitrogen functional groups attached to an aromatic ring is 1. The van der Waals surface area contributed by atoms with Crippen LogP contribution in [0.4, 0.5) is 11.9 Å². The summed E-state index contributed by atoms with van der Waals surface area (Å²) in [6.45, 7) is 6.34. The number of methoxy groups -OCH3 is 1. The van der Waals surface area contributed by atoms with Crippen LogP contribution in [0, 0.1) is 0 Å². The number of fused-ring (bicyclic) bond motifs is 1. The van der Waals surface area contributed by atoms with Gasteiger partial charge >= 0.3 is 0 Å². The normalized spacial score (nSPS) is 16.1. The van der Waals surface area contributed by atoms with Gasteiger partial charge in [-0.05, 0) is 19.1 Å². The summed E-state index contributed by atoms with van der Waals surface area (Å²) in [7, 11) is 1.69. The number of rotatable bonds is 7. The third kappa shape index (κ3) is 4.19. The van der Waals surface area contributed by atoms with E-state index in [4.69, 9.17) is 14.9 Å². The van der Waals surface area contributed by atoms with E-state index in [2.05, 4.69) is 30.3 Å². The van der Waals surface area contributed by atoms with Crippen LogP contribution < -0.4 is 11.1 Å². The Morgan fingerprint density at radius 3 is 2.80 bits per heavy atom. The molecule has 3 N–H and O–H groups in total. The van der Waals surface area contributed by atoms with Gasteiger partial charge in [-0.25, -0.2) is 0 Å². The smallest absolute Gasteiger partial charge is 0.259 e. The van der Waals surface area contributed by atoms with Crippen molar-refractivity contribution in [3.05, 3.63) is 18.4 Å². The van der Waals surface area contributed by atoms with Gasteiger partial charge in [-0.15, -0.1) is 5.10 Å². The molecule has 4 rings (SSSR count). The first kappa shape index (κ1) is 20.0. The average molecular weight is 415 g/mol. The van der Waals surface area contributed by atoms with Crippen LogP contribution in [0.1, 0.15) is 6.92 Å². The molecule has 3 aromatic rings. The fourth-order valence-corrected chi connectivity index (χ4v) is 3.32. The number of furan rings is 1. The topological polar surface area (TPSA) is 140 Å². The maximum absolute atomic E-state index is 12.8. The molecule has 0 unspecified atom stereocenters. The Morgan fingerprint density at radius 1 is 1.30 bits per heavy atom. The van der Waals surface area contributed by atoms with Gasteiger partial charge < -0.3 is 25.1 Å². The van der Waals surface area contributed by atoms with Crippen molar-refractivity contribution in [1.82, 2.24) is 34.4 Å². The Labute approximate surface area is 173 Å².